The van der Waals surface area contributed by atoms with Gasteiger partial charge in [0.25, 0.3) is 0 Å². The second kappa shape index (κ2) is 4.81. The SMILES string of the molecule is Cc1cccc(C(=O)c2c[nH]c3ccccc23)c1I. The molecule has 0 fully saturated rings. The van der Waals surface area contributed by atoms with Crippen LogP contribution in [-0.2, 0) is 0 Å². The Morgan fingerprint density at radius 3 is 2.68 bits per heavy atom. The number of benzene rings is 2. The van der Waals surface area contributed by atoms with E-state index in [9.17, 15) is 4.79 Å². The summed E-state index contributed by atoms with van der Waals surface area (Å²) < 4.78 is 1.02. The first kappa shape index (κ1) is 12.4. The number of carbonyl (C=O) groups excluding carboxylic acids is 1. The van der Waals surface area contributed by atoms with Gasteiger partial charge in [0.1, 0.15) is 0 Å². The Balaban J connectivity index is 2.17. The van der Waals surface area contributed by atoms with Crippen LogP contribution in [0.25, 0.3) is 10.9 Å². The first-order valence-electron chi connectivity index (χ1n) is 6.04. The third-order valence-corrected chi connectivity index (χ3v) is 4.70. The number of aromatic nitrogens is 1. The van der Waals surface area contributed by atoms with Crippen LogP contribution in [0.4, 0.5) is 0 Å². The van der Waals surface area contributed by atoms with Crippen molar-refractivity contribution >= 4 is 39.3 Å². The first-order chi connectivity index (χ1) is 9.18. The molecule has 0 saturated carbocycles. The Morgan fingerprint density at radius 1 is 1.05 bits per heavy atom. The van der Waals surface area contributed by atoms with Crippen LogP contribution in [0.5, 0.6) is 0 Å². The van der Waals surface area contributed by atoms with E-state index in [0.29, 0.717) is 0 Å². The van der Waals surface area contributed by atoms with Gasteiger partial charge in [-0.25, -0.2) is 0 Å². The van der Waals surface area contributed by atoms with Crippen LogP contribution < -0.4 is 0 Å². The van der Waals surface area contributed by atoms with E-state index >= 15 is 0 Å². The van der Waals surface area contributed by atoms with Crippen molar-refractivity contribution in [3.8, 4) is 0 Å². The Labute approximate surface area is 125 Å². The highest BCUT2D eigenvalue weighted by atomic mass is 127. The number of hydrogen-bond acceptors (Lipinski definition) is 1. The number of aromatic amines is 1. The summed E-state index contributed by atoms with van der Waals surface area (Å²) in [5, 5.41) is 0.977. The summed E-state index contributed by atoms with van der Waals surface area (Å²) in [6.07, 6.45) is 1.80. The van der Waals surface area contributed by atoms with E-state index in [0.717, 1.165) is 31.2 Å². The number of para-hydroxylation sites is 1. The lowest BCUT2D eigenvalue weighted by Crippen LogP contribution is -2.04. The fraction of sp³-hybridized carbons (Fsp3) is 0.0625. The molecule has 0 aliphatic carbocycles. The quantitative estimate of drug-likeness (QED) is 0.536. The van der Waals surface area contributed by atoms with Gasteiger partial charge in [0.15, 0.2) is 5.78 Å². The fourth-order valence-electron chi connectivity index (χ4n) is 2.23. The van der Waals surface area contributed by atoms with Crippen LogP contribution in [0.1, 0.15) is 21.5 Å². The molecular formula is C16H12INO. The Hall–Kier alpha value is -1.62. The molecule has 0 aliphatic rings. The second-order valence-corrected chi connectivity index (χ2v) is 5.59. The van der Waals surface area contributed by atoms with Gasteiger partial charge >= 0.3 is 0 Å². The molecule has 0 radical (unpaired) electrons. The van der Waals surface area contributed by atoms with E-state index in [2.05, 4.69) is 27.6 Å². The molecule has 1 aromatic heterocycles. The minimum Gasteiger partial charge on any atom is -0.360 e. The van der Waals surface area contributed by atoms with Crippen molar-refractivity contribution in [2.75, 3.05) is 0 Å². The number of hydrogen-bond donors (Lipinski definition) is 1. The van der Waals surface area contributed by atoms with Crippen LogP contribution >= 0.6 is 22.6 Å². The van der Waals surface area contributed by atoms with Crippen molar-refractivity contribution in [1.29, 1.82) is 0 Å². The molecule has 94 valence electrons. The highest BCUT2D eigenvalue weighted by Gasteiger charge is 2.16. The van der Waals surface area contributed by atoms with Gasteiger partial charge in [0, 0.05) is 31.8 Å². The molecule has 0 amide bonds. The molecule has 0 aliphatic heterocycles. The maximum Gasteiger partial charge on any atom is 0.196 e. The summed E-state index contributed by atoms with van der Waals surface area (Å²) in [4.78, 5) is 15.8. The van der Waals surface area contributed by atoms with E-state index in [-0.39, 0.29) is 5.78 Å². The van der Waals surface area contributed by atoms with Gasteiger partial charge in [-0.1, -0.05) is 30.3 Å². The van der Waals surface area contributed by atoms with Gasteiger partial charge in [0.05, 0.1) is 0 Å². The smallest absolute Gasteiger partial charge is 0.196 e. The summed E-state index contributed by atoms with van der Waals surface area (Å²) in [6.45, 7) is 2.02. The van der Waals surface area contributed by atoms with Crippen LogP contribution in [0, 0.1) is 10.5 Å². The number of ketones is 1. The maximum atomic E-state index is 12.7. The third kappa shape index (κ3) is 2.08. The zero-order valence-electron chi connectivity index (χ0n) is 10.4. The first-order valence-corrected chi connectivity index (χ1v) is 7.12. The number of halogens is 1. The molecule has 1 heterocycles. The topological polar surface area (TPSA) is 32.9 Å². The Bertz CT molecular complexity index is 773. The molecule has 0 saturated heterocycles. The van der Waals surface area contributed by atoms with Gasteiger partial charge in [-0.05, 0) is 47.2 Å². The van der Waals surface area contributed by atoms with Crippen LogP contribution in [-0.4, -0.2) is 10.8 Å². The molecule has 19 heavy (non-hydrogen) atoms. The molecule has 2 nitrogen and oxygen atoms in total. The highest BCUT2D eigenvalue weighted by Crippen LogP contribution is 2.24. The van der Waals surface area contributed by atoms with E-state index in [1.165, 1.54) is 0 Å². The zero-order chi connectivity index (χ0) is 13.4. The summed E-state index contributed by atoms with van der Waals surface area (Å²) in [6, 6.07) is 13.7. The maximum absolute atomic E-state index is 12.7. The average molecular weight is 361 g/mol. The normalized spacial score (nSPS) is 10.8. The van der Waals surface area contributed by atoms with E-state index in [1.54, 1.807) is 6.20 Å². The molecule has 0 unspecified atom stereocenters. The minimum absolute atomic E-state index is 0.0746. The second-order valence-electron chi connectivity index (χ2n) is 4.51. The fourth-order valence-corrected chi connectivity index (χ4v) is 2.83. The summed E-state index contributed by atoms with van der Waals surface area (Å²) >= 11 is 2.24. The Kier molecular flexibility index (Phi) is 3.14. The molecule has 0 spiro atoms. The lowest BCUT2D eigenvalue weighted by atomic mass is 10.0. The summed E-state index contributed by atoms with van der Waals surface area (Å²) in [5.41, 5.74) is 3.63. The Morgan fingerprint density at radius 2 is 1.84 bits per heavy atom. The average Bonchev–Trinajstić information content (AvgIpc) is 2.85. The van der Waals surface area contributed by atoms with Gasteiger partial charge in [-0.3, -0.25) is 4.79 Å². The van der Waals surface area contributed by atoms with Crippen LogP contribution in [0.15, 0.2) is 48.7 Å². The molecule has 3 aromatic rings. The number of aryl methyl sites for hydroxylation is 1. The lowest BCUT2D eigenvalue weighted by molar-refractivity contribution is 0.103. The molecule has 0 atom stereocenters. The summed E-state index contributed by atoms with van der Waals surface area (Å²) in [7, 11) is 0. The van der Waals surface area contributed by atoms with Crippen molar-refractivity contribution < 1.29 is 4.79 Å². The van der Waals surface area contributed by atoms with Gasteiger partial charge in [0.2, 0.25) is 0 Å². The van der Waals surface area contributed by atoms with Gasteiger partial charge in [-0.15, -0.1) is 0 Å². The molecule has 1 N–H and O–H groups in total. The largest absolute Gasteiger partial charge is 0.360 e. The lowest BCUT2D eigenvalue weighted by Gasteiger charge is -2.05. The van der Waals surface area contributed by atoms with Gasteiger partial charge in [-0.2, -0.15) is 0 Å². The molecule has 0 bridgehead atoms. The molecule has 2 aromatic carbocycles. The van der Waals surface area contributed by atoms with Gasteiger partial charge < -0.3 is 4.98 Å². The highest BCUT2D eigenvalue weighted by molar-refractivity contribution is 14.1. The standard InChI is InChI=1S/C16H12INO/c1-10-5-4-7-12(15(10)17)16(19)13-9-18-14-8-3-2-6-11(13)14/h2-9,18H,1H3. The molecule has 3 rings (SSSR count). The zero-order valence-corrected chi connectivity index (χ0v) is 12.6. The number of carbonyl (C=O) groups is 1. The van der Waals surface area contributed by atoms with E-state index in [4.69, 9.17) is 0 Å². The monoisotopic (exact) mass is 361 g/mol. The summed E-state index contributed by atoms with van der Waals surface area (Å²) in [5.74, 6) is 0.0746. The van der Waals surface area contributed by atoms with E-state index < -0.39 is 0 Å². The minimum atomic E-state index is 0.0746. The van der Waals surface area contributed by atoms with Crippen molar-refractivity contribution in [2.24, 2.45) is 0 Å². The van der Waals surface area contributed by atoms with Crippen molar-refractivity contribution in [1.82, 2.24) is 4.98 Å². The number of H-pyrrole nitrogens is 1. The molecular weight excluding hydrogens is 349 g/mol. The van der Waals surface area contributed by atoms with Crippen molar-refractivity contribution in [3.05, 3.63) is 68.9 Å². The number of fused-ring (bicyclic) bond motifs is 1. The van der Waals surface area contributed by atoms with Crippen LogP contribution in [0.3, 0.4) is 0 Å². The predicted molar refractivity (Wildman–Crippen MR) is 85.6 cm³/mol. The number of nitrogens with one attached hydrogen (secondary N) is 1. The van der Waals surface area contributed by atoms with E-state index in [1.807, 2.05) is 49.4 Å². The number of rotatable bonds is 2. The third-order valence-electron chi connectivity index (χ3n) is 3.27. The van der Waals surface area contributed by atoms with Crippen molar-refractivity contribution in [2.45, 2.75) is 6.92 Å². The predicted octanol–water partition coefficient (Wildman–Crippen LogP) is 4.31. The van der Waals surface area contributed by atoms with Crippen molar-refractivity contribution in [3.63, 3.8) is 0 Å². The van der Waals surface area contributed by atoms with Crippen LogP contribution in [0.2, 0.25) is 0 Å². The molecule has 3 heteroatoms.